The van der Waals surface area contributed by atoms with Gasteiger partial charge in [0.1, 0.15) is 6.61 Å². The van der Waals surface area contributed by atoms with Gasteiger partial charge in [-0.25, -0.2) is 0 Å². The first-order valence-corrected chi connectivity index (χ1v) is 6.76. The molecule has 0 saturated carbocycles. The lowest BCUT2D eigenvalue weighted by Crippen LogP contribution is -2.13. The second-order valence-corrected chi connectivity index (χ2v) is 4.77. The summed E-state index contributed by atoms with van der Waals surface area (Å²) >= 11 is 6.16. The number of hydrogen-bond donors (Lipinski definition) is 2. The third kappa shape index (κ3) is 3.63. The topological polar surface area (TPSA) is 49.3 Å². The molecule has 1 amide bonds. The predicted molar refractivity (Wildman–Crippen MR) is 84.5 cm³/mol. The van der Waals surface area contributed by atoms with Gasteiger partial charge < -0.3 is 10.4 Å². The second-order valence-electron chi connectivity index (χ2n) is 4.40. The van der Waals surface area contributed by atoms with E-state index in [1.807, 2.05) is 19.1 Å². The Labute approximate surface area is 128 Å². The number of para-hydroxylation sites is 1. The summed E-state index contributed by atoms with van der Waals surface area (Å²) in [5.41, 5.74) is 2.49. The van der Waals surface area contributed by atoms with Crippen molar-refractivity contribution in [1.29, 1.82) is 0 Å². The van der Waals surface area contributed by atoms with Gasteiger partial charge in [0.25, 0.3) is 5.91 Å². The van der Waals surface area contributed by atoms with Crippen molar-refractivity contribution in [2.24, 2.45) is 0 Å². The standard InChI is InChI=1S/C17H14ClNO2/c1-12-6-4-9-14(16(12)18)17(21)19-15-10-3-2-7-13(15)8-5-11-20/h2-4,6-7,9-10,20H,11H2,1H3,(H,19,21). The smallest absolute Gasteiger partial charge is 0.257 e. The molecule has 2 aromatic rings. The summed E-state index contributed by atoms with van der Waals surface area (Å²) < 4.78 is 0. The van der Waals surface area contributed by atoms with Crippen LogP contribution in [0.2, 0.25) is 5.02 Å². The fourth-order valence-corrected chi connectivity index (χ4v) is 2.06. The number of aliphatic hydroxyl groups is 1. The highest BCUT2D eigenvalue weighted by Gasteiger charge is 2.12. The van der Waals surface area contributed by atoms with Crippen LogP contribution in [0.25, 0.3) is 0 Å². The molecule has 21 heavy (non-hydrogen) atoms. The van der Waals surface area contributed by atoms with Gasteiger partial charge in [0.2, 0.25) is 0 Å². The normalized spacial score (nSPS) is 9.67. The Bertz CT molecular complexity index is 729. The minimum atomic E-state index is -0.290. The molecule has 3 nitrogen and oxygen atoms in total. The molecule has 0 heterocycles. The summed E-state index contributed by atoms with van der Waals surface area (Å²) in [6.45, 7) is 1.62. The molecule has 0 radical (unpaired) electrons. The number of benzene rings is 2. The highest BCUT2D eigenvalue weighted by Crippen LogP contribution is 2.22. The highest BCUT2D eigenvalue weighted by atomic mass is 35.5. The van der Waals surface area contributed by atoms with Crippen LogP contribution in [-0.2, 0) is 0 Å². The molecule has 4 heteroatoms. The van der Waals surface area contributed by atoms with Crippen molar-refractivity contribution in [2.45, 2.75) is 6.92 Å². The summed E-state index contributed by atoms with van der Waals surface area (Å²) in [6.07, 6.45) is 0. The molecule has 2 N–H and O–H groups in total. The van der Waals surface area contributed by atoms with E-state index >= 15 is 0 Å². The molecule has 0 bridgehead atoms. The first-order chi connectivity index (χ1) is 10.1. The molecule has 0 spiro atoms. The predicted octanol–water partition coefficient (Wildman–Crippen LogP) is 3.24. The van der Waals surface area contributed by atoms with Gasteiger partial charge in [-0.15, -0.1) is 0 Å². The number of halogens is 1. The van der Waals surface area contributed by atoms with Gasteiger partial charge in [-0.3, -0.25) is 4.79 Å². The van der Waals surface area contributed by atoms with E-state index in [2.05, 4.69) is 17.2 Å². The SMILES string of the molecule is Cc1cccc(C(=O)Nc2ccccc2C#CCO)c1Cl. The van der Waals surface area contributed by atoms with Gasteiger partial charge in [0.15, 0.2) is 0 Å². The maximum absolute atomic E-state index is 12.3. The van der Waals surface area contributed by atoms with E-state index in [1.54, 1.807) is 30.3 Å². The monoisotopic (exact) mass is 299 g/mol. The van der Waals surface area contributed by atoms with E-state index in [-0.39, 0.29) is 12.5 Å². The quantitative estimate of drug-likeness (QED) is 0.836. The zero-order valence-corrected chi connectivity index (χ0v) is 12.2. The Balaban J connectivity index is 2.30. The minimum Gasteiger partial charge on any atom is -0.384 e. The maximum Gasteiger partial charge on any atom is 0.257 e. The molecule has 2 rings (SSSR count). The Hall–Kier alpha value is -2.28. The van der Waals surface area contributed by atoms with E-state index in [9.17, 15) is 4.79 Å². The Morgan fingerprint density at radius 3 is 2.76 bits per heavy atom. The molecule has 0 saturated heterocycles. The summed E-state index contributed by atoms with van der Waals surface area (Å²) in [6, 6.07) is 12.5. The molecule has 2 aromatic carbocycles. The molecule has 0 fully saturated rings. The molecular weight excluding hydrogens is 286 g/mol. The van der Waals surface area contributed by atoms with Crippen molar-refractivity contribution in [2.75, 3.05) is 11.9 Å². The van der Waals surface area contributed by atoms with Crippen molar-refractivity contribution in [3.63, 3.8) is 0 Å². The zero-order chi connectivity index (χ0) is 15.2. The number of rotatable bonds is 2. The lowest BCUT2D eigenvalue weighted by Gasteiger charge is -2.09. The van der Waals surface area contributed by atoms with E-state index < -0.39 is 0 Å². The van der Waals surface area contributed by atoms with Crippen LogP contribution in [0.5, 0.6) is 0 Å². The molecular formula is C17H14ClNO2. The average molecular weight is 300 g/mol. The van der Waals surface area contributed by atoms with Crippen molar-refractivity contribution >= 4 is 23.2 Å². The summed E-state index contributed by atoms with van der Waals surface area (Å²) in [5, 5.41) is 12.0. The lowest BCUT2D eigenvalue weighted by molar-refractivity contribution is 0.102. The minimum absolute atomic E-state index is 0.230. The van der Waals surface area contributed by atoms with Crippen molar-refractivity contribution in [3.8, 4) is 11.8 Å². The number of aliphatic hydroxyl groups excluding tert-OH is 1. The molecule has 106 valence electrons. The van der Waals surface area contributed by atoms with Crippen LogP contribution in [-0.4, -0.2) is 17.6 Å². The van der Waals surface area contributed by atoms with E-state index in [0.29, 0.717) is 21.8 Å². The zero-order valence-electron chi connectivity index (χ0n) is 11.5. The van der Waals surface area contributed by atoms with Crippen molar-refractivity contribution in [1.82, 2.24) is 0 Å². The largest absolute Gasteiger partial charge is 0.384 e. The molecule has 0 aliphatic carbocycles. The number of hydrogen-bond acceptors (Lipinski definition) is 2. The van der Waals surface area contributed by atoms with Crippen LogP contribution in [0.3, 0.4) is 0 Å². The van der Waals surface area contributed by atoms with Crippen LogP contribution in [0, 0.1) is 18.8 Å². The van der Waals surface area contributed by atoms with E-state index in [4.69, 9.17) is 16.7 Å². The van der Waals surface area contributed by atoms with Crippen LogP contribution in [0.1, 0.15) is 21.5 Å². The van der Waals surface area contributed by atoms with Crippen molar-refractivity contribution in [3.05, 3.63) is 64.2 Å². The fourth-order valence-electron chi connectivity index (χ4n) is 1.85. The maximum atomic E-state index is 12.3. The molecule has 0 unspecified atom stereocenters. The summed E-state index contributed by atoms with van der Waals surface area (Å²) in [5.74, 6) is 5.07. The Kier molecular flexibility index (Phi) is 4.99. The summed E-state index contributed by atoms with van der Waals surface area (Å²) in [4.78, 5) is 12.3. The average Bonchev–Trinajstić information content (AvgIpc) is 2.49. The second kappa shape index (κ2) is 6.94. The van der Waals surface area contributed by atoms with Crippen LogP contribution in [0.4, 0.5) is 5.69 Å². The van der Waals surface area contributed by atoms with Crippen molar-refractivity contribution < 1.29 is 9.90 Å². The molecule has 0 aromatic heterocycles. The van der Waals surface area contributed by atoms with Crippen LogP contribution < -0.4 is 5.32 Å². The van der Waals surface area contributed by atoms with Gasteiger partial charge in [-0.2, -0.15) is 0 Å². The molecule has 0 aliphatic heterocycles. The van der Waals surface area contributed by atoms with E-state index in [1.165, 1.54) is 0 Å². The number of carbonyl (C=O) groups is 1. The Morgan fingerprint density at radius 2 is 2.00 bits per heavy atom. The van der Waals surface area contributed by atoms with Gasteiger partial charge in [0, 0.05) is 5.56 Å². The third-order valence-electron chi connectivity index (χ3n) is 2.91. The van der Waals surface area contributed by atoms with Gasteiger partial charge >= 0.3 is 0 Å². The fraction of sp³-hybridized carbons (Fsp3) is 0.118. The van der Waals surface area contributed by atoms with Gasteiger partial charge in [0.05, 0.1) is 16.3 Å². The lowest BCUT2D eigenvalue weighted by atomic mass is 10.1. The molecule has 0 aliphatic rings. The first kappa shape index (κ1) is 15.1. The van der Waals surface area contributed by atoms with E-state index in [0.717, 1.165) is 5.56 Å². The highest BCUT2D eigenvalue weighted by molar-refractivity contribution is 6.35. The van der Waals surface area contributed by atoms with Crippen LogP contribution in [0.15, 0.2) is 42.5 Å². The number of anilines is 1. The van der Waals surface area contributed by atoms with Gasteiger partial charge in [-0.1, -0.05) is 47.7 Å². The third-order valence-corrected chi connectivity index (χ3v) is 3.42. The number of aryl methyl sites for hydroxylation is 1. The Morgan fingerprint density at radius 1 is 1.24 bits per heavy atom. The summed E-state index contributed by atoms with van der Waals surface area (Å²) in [7, 11) is 0. The molecule has 0 atom stereocenters. The van der Waals surface area contributed by atoms with Crippen LogP contribution >= 0.6 is 11.6 Å². The number of amides is 1. The van der Waals surface area contributed by atoms with Gasteiger partial charge in [-0.05, 0) is 30.7 Å². The number of nitrogens with one attached hydrogen (secondary N) is 1. The first-order valence-electron chi connectivity index (χ1n) is 6.38. The number of carbonyl (C=O) groups excluding carboxylic acids is 1.